The van der Waals surface area contributed by atoms with Crippen molar-refractivity contribution >= 4 is 34.3 Å². The zero-order valence-electron chi connectivity index (χ0n) is 13.5. The number of halogens is 1. The summed E-state index contributed by atoms with van der Waals surface area (Å²) in [7, 11) is 0. The van der Waals surface area contributed by atoms with Crippen molar-refractivity contribution in [3.63, 3.8) is 0 Å². The predicted molar refractivity (Wildman–Crippen MR) is 99.9 cm³/mol. The number of amides is 1. The monoisotopic (exact) mass is 373 g/mol. The van der Waals surface area contributed by atoms with Gasteiger partial charge in [0.05, 0.1) is 11.4 Å². The molecule has 3 aromatic rings. The highest BCUT2D eigenvalue weighted by Gasteiger charge is 2.35. The molecule has 0 aliphatic carbocycles. The molecule has 0 fully saturated rings. The van der Waals surface area contributed by atoms with Crippen molar-refractivity contribution in [3.05, 3.63) is 74.4 Å². The molecule has 6 heteroatoms. The molecule has 2 aromatic heterocycles. The Morgan fingerprint density at radius 3 is 2.92 bits per heavy atom. The highest BCUT2D eigenvalue weighted by atomic mass is 32.1. The van der Waals surface area contributed by atoms with E-state index in [9.17, 15) is 9.18 Å². The molecule has 0 saturated heterocycles. The number of carbonyl (C=O) groups is 1. The number of quaternary nitrogens is 1. The fraction of sp³-hybridized carbons (Fsp3) is 0.211. The van der Waals surface area contributed by atoms with Crippen molar-refractivity contribution in [1.82, 2.24) is 0 Å². The molecule has 4 rings (SSSR count). The van der Waals surface area contributed by atoms with Gasteiger partial charge in [-0.1, -0.05) is 12.1 Å². The summed E-state index contributed by atoms with van der Waals surface area (Å²) in [5.74, 6) is -0.427. The number of hydrogen-bond acceptors (Lipinski definition) is 3. The molecule has 1 unspecified atom stereocenters. The Labute approximate surface area is 153 Å². The molecular formula is C19H18FN2OS2+. The standard InChI is InChI=1S/C19H17FN2OS2/c20-13-3-1-4-14(11-13)21-18(23)12-22-8-6-16-15(7-10-25-16)19(22)17-5-2-9-24-17/h1-5,7,9-11,19H,6,8,12H2,(H,21,23)/p+1/t19-/m0/s1. The maximum atomic E-state index is 13.3. The highest BCUT2D eigenvalue weighted by molar-refractivity contribution is 7.10. The zero-order valence-corrected chi connectivity index (χ0v) is 15.1. The summed E-state index contributed by atoms with van der Waals surface area (Å²) in [4.78, 5) is 16.5. The number of nitrogens with one attached hydrogen (secondary N) is 2. The molecule has 128 valence electrons. The first-order valence-corrected chi connectivity index (χ1v) is 9.96. The average Bonchev–Trinajstić information content (AvgIpc) is 3.26. The van der Waals surface area contributed by atoms with E-state index in [2.05, 4.69) is 34.3 Å². The first-order chi connectivity index (χ1) is 12.2. The second-order valence-corrected chi connectivity index (χ2v) is 8.12. The number of benzene rings is 1. The number of thiophene rings is 2. The number of rotatable bonds is 4. The van der Waals surface area contributed by atoms with Crippen molar-refractivity contribution in [2.24, 2.45) is 0 Å². The van der Waals surface area contributed by atoms with E-state index in [0.717, 1.165) is 13.0 Å². The van der Waals surface area contributed by atoms with E-state index in [1.165, 1.54) is 32.4 Å². The summed E-state index contributed by atoms with van der Waals surface area (Å²) in [6, 6.07) is 12.6. The lowest BCUT2D eigenvalue weighted by molar-refractivity contribution is -0.919. The van der Waals surface area contributed by atoms with Gasteiger partial charge in [-0.05, 0) is 41.1 Å². The summed E-state index contributed by atoms with van der Waals surface area (Å²) in [5.41, 5.74) is 1.84. The molecule has 0 saturated carbocycles. The summed E-state index contributed by atoms with van der Waals surface area (Å²) < 4.78 is 13.3. The minimum absolute atomic E-state index is 0.0826. The third-order valence-electron chi connectivity index (χ3n) is 4.50. The maximum Gasteiger partial charge on any atom is 0.279 e. The van der Waals surface area contributed by atoms with Crippen LogP contribution in [0.2, 0.25) is 0 Å². The highest BCUT2D eigenvalue weighted by Crippen LogP contribution is 2.31. The van der Waals surface area contributed by atoms with Crippen molar-refractivity contribution in [3.8, 4) is 0 Å². The van der Waals surface area contributed by atoms with E-state index >= 15 is 0 Å². The van der Waals surface area contributed by atoms with Crippen LogP contribution in [0.25, 0.3) is 0 Å². The van der Waals surface area contributed by atoms with Gasteiger partial charge in [-0.15, -0.1) is 22.7 Å². The van der Waals surface area contributed by atoms with Gasteiger partial charge in [0.15, 0.2) is 6.54 Å². The molecule has 2 atom stereocenters. The van der Waals surface area contributed by atoms with Crippen LogP contribution in [0.4, 0.5) is 10.1 Å². The fourth-order valence-electron chi connectivity index (χ4n) is 3.43. The van der Waals surface area contributed by atoms with Gasteiger partial charge in [-0.2, -0.15) is 0 Å². The summed E-state index contributed by atoms with van der Waals surface area (Å²) >= 11 is 3.54. The van der Waals surface area contributed by atoms with E-state index in [4.69, 9.17) is 0 Å². The number of carbonyl (C=O) groups excluding carboxylic acids is 1. The van der Waals surface area contributed by atoms with Crippen molar-refractivity contribution < 1.29 is 14.1 Å². The van der Waals surface area contributed by atoms with Gasteiger partial charge in [-0.25, -0.2) is 4.39 Å². The van der Waals surface area contributed by atoms with Crippen LogP contribution in [0.1, 0.15) is 21.4 Å². The fourth-order valence-corrected chi connectivity index (χ4v) is 5.25. The largest absolute Gasteiger partial charge is 0.321 e. The van der Waals surface area contributed by atoms with Crippen LogP contribution in [0.15, 0.2) is 53.2 Å². The third-order valence-corrected chi connectivity index (χ3v) is 6.43. The third kappa shape index (κ3) is 3.51. The van der Waals surface area contributed by atoms with Gasteiger partial charge in [0.1, 0.15) is 11.9 Å². The lowest BCUT2D eigenvalue weighted by atomic mass is 9.98. The van der Waals surface area contributed by atoms with Crippen molar-refractivity contribution in [2.75, 3.05) is 18.4 Å². The molecule has 3 heterocycles. The molecule has 0 radical (unpaired) electrons. The second-order valence-electron chi connectivity index (χ2n) is 6.14. The zero-order chi connectivity index (χ0) is 17.2. The molecule has 0 bridgehead atoms. The quantitative estimate of drug-likeness (QED) is 0.724. The Morgan fingerprint density at radius 2 is 2.12 bits per heavy atom. The van der Waals surface area contributed by atoms with Gasteiger partial charge in [0.25, 0.3) is 5.91 Å². The summed E-state index contributed by atoms with van der Waals surface area (Å²) in [6.07, 6.45) is 0.997. The molecular weight excluding hydrogens is 355 g/mol. The molecule has 1 aliphatic heterocycles. The summed E-state index contributed by atoms with van der Waals surface area (Å²) in [6.45, 7) is 1.29. The molecule has 25 heavy (non-hydrogen) atoms. The van der Waals surface area contributed by atoms with Crippen LogP contribution >= 0.6 is 22.7 Å². The Bertz CT molecular complexity index is 875. The molecule has 0 spiro atoms. The molecule has 1 amide bonds. The Kier molecular flexibility index (Phi) is 4.65. The van der Waals surface area contributed by atoms with Crippen LogP contribution in [-0.4, -0.2) is 19.0 Å². The van der Waals surface area contributed by atoms with Crippen molar-refractivity contribution in [2.45, 2.75) is 12.5 Å². The number of fused-ring (bicyclic) bond motifs is 1. The molecule has 1 aliphatic rings. The van der Waals surface area contributed by atoms with Crippen molar-refractivity contribution in [1.29, 1.82) is 0 Å². The van der Waals surface area contributed by atoms with Gasteiger partial charge in [0.2, 0.25) is 0 Å². The second kappa shape index (κ2) is 7.07. The minimum Gasteiger partial charge on any atom is -0.321 e. The maximum absolute atomic E-state index is 13.3. The van der Waals surface area contributed by atoms with Gasteiger partial charge in [-0.3, -0.25) is 4.79 Å². The van der Waals surface area contributed by atoms with Crippen LogP contribution in [0.3, 0.4) is 0 Å². The van der Waals surface area contributed by atoms with Crippen LogP contribution in [-0.2, 0) is 11.2 Å². The van der Waals surface area contributed by atoms with Crippen LogP contribution in [0.5, 0.6) is 0 Å². The van der Waals surface area contributed by atoms with Gasteiger partial charge >= 0.3 is 0 Å². The van der Waals surface area contributed by atoms with Gasteiger partial charge < -0.3 is 10.2 Å². The number of hydrogen-bond donors (Lipinski definition) is 2. The van der Waals surface area contributed by atoms with E-state index in [-0.39, 0.29) is 17.8 Å². The Morgan fingerprint density at radius 1 is 1.20 bits per heavy atom. The topological polar surface area (TPSA) is 33.5 Å². The SMILES string of the molecule is O=C(C[NH+]1CCc2sccc2[C@H]1c1cccs1)Nc1cccc(F)c1. The molecule has 1 aromatic carbocycles. The van der Waals surface area contributed by atoms with E-state index in [1.807, 2.05) is 0 Å². The summed E-state index contributed by atoms with van der Waals surface area (Å²) in [5, 5.41) is 7.04. The van der Waals surface area contributed by atoms with E-state index < -0.39 is 0 Å². The van der Waals surface area contributed by atoms with Crippen LogP contribution in [0, 0.1) is 5.82 Å². The average molecular weight is 373 g/mol. The van der Waals surface area contributed by atoms with Gasteiger partial charge in [0, 0.05) is 22.5 Å². The number of anilines is 1. The van der Waals surface area contributed by atoms with E-state index in [0.29, 0.717) is 12.2 Å². The predicted octanol–water partition coefficient (Wildman–Crippen LogP) is 3.12. The smallest absolute Gasteiger partial charge is 0.279 e. The molecule has 2 N–H and O–H groups in total. The molecule has 3 nitrogen and oxygen atoms in total. The Balaban J connectivity index is 1.54. The normalized spacial score (nSPS) is 19.4. The Hall–Kier alpha value is -2.02. The minimum atomic E-state index is -0.345. The van der Waals surface area contributed by atoms with Crippen LogP contribution < -0.4 is 10.2 Å². The lowest BCUT2D eigenvalue weighted by Crippen LogP contribution is -3.14. The van der Waals surface area contributed by atoms with E-state index in [1.54, 1.807) is 34.8 Å². The first kappa shape index (κ1) is 16.4. The lowest BCUT2D eigenvalue weighted by Gasteiger charge is -2.31. The first-order valence-electron chi connectivity index (χ1n) is 8.20.